The molecule has 0 heterocycles. The Labute approximate surface area is 167 Å². The van der Waals surface area contributed by atoms with Crippen LogP contribution in [-0.4, -0.2) is 35.0 Å². The second kappa shape index (κ2) is 10.2. The molecule has 0 bridgehead atoms. The average Bonchev–Trinajstić information content (AvgIpc) is 2.61. The maximum atomic E-state index is 11.4. The predicted molar refractivity (Wildman–Crippen MR) is 112 cm³/mol. The fourth-order valence-corrected chi connectivity index (χ4v) is 3.40. The fraction of sp³-hybridized carbons (Fsp3) is 0.435. The van der Waals surface area contributed by atoms with Gasteiger partial charge in [-0.25, -0.2) is 4.79 Å². The number of nitrogens with one attached hydrogen (secondary N) is 1. The zero-order valence-corrected chi connectivity index (χ0v) is 17.0. The molecule has 0 unspecified atom stereocenters. The van der Waals surface area contributed by atoms with Gasteiger partial charge in [-0.2, -0.15) is 0 Å². The molecule has 3 atom stereocenters. The van der Waals surface area contributed by atoms with E-state index in [1.54, 1.807) is 0 Å². The van der Waals surface area contributed by atoms with Crippen LogP contribution in [0, 0.1) is 0 Å². The van der Waals surface area contributed by atoms with E-state index in [0.29, 0.717) is 12.8 Å². The molecule has 0 aliphatic heterocycles. The van der Waals surface area contributed by atoms with E-state index in [-0.39, 0.29) is 11.6 Å². The van der Waals surface area contributed by atoms with Crippen molar-refractivity contribution in [1.29, 1.82) is 0 Å². The number of aliphatic hydroxyl groups excluding tert-OH is 1. The number of aliphatic hydroxyl groups is 1. The van der Waals surface area contributed by atoms with Crippen LogP contribution in [0.25, 0.3) is 0 Å². The van der Waals surface area contributed by atoms with Gasteiger partial charge in [0.15, 0.2) is 0 Å². The number of benzene rings is 2. The smallest absolute Gasteiger partial charge is 0.404 e. The molecule has 5 heteroatoms. The highest BCUT2D eigenvalue weighted by Crippen LogP contribution is 2.17. The van der Waals surface area contributed by atoms with Crippen molar-refractivity contribution < 1.29 is 14.6 Å². The normalized spacial score (nSPS) is 14.9. The van der Waals surface area contributed by atoms with Gasteiger partial charge < -0.3 is 20.9 Å². The van der Waals surface area contributed by atoms with E-state index >= 15 is 0 Å². The Kier molecular flexibility index (Phi) is 8.03. The number of ether oxygens (including phenoxy) is 1. The average molecular weight is 385 g/mol. The highest BCUT2D eigenvalue weighted by Gasteiger charge is 2.28. The van der Waals surface area contributed by atoms with Crippen molar-refractivity contribution in [2.45, 2.75) is 63.8 Å². The first-order valence-corrected chi connectivity index (χ1v) is 9.72. The molecule has 0 saturated heterocycles. The molecule has 0 saturated carbocycles. The number of hydrogen-bond donors (Lipinski definition) is 3. The fourth-order valence-electron chi connectivity index (χ4n) is 3.40. The Bertz CT molecular complexity index is 714. The molecule has 0 radical (unpaired) electrons. The lowest BCUT2D eigenvalue weighted by Crippen LogP contribution is -2.48. The summed E-state index contributed by atoms with van der Waals surface area (Å²) in [6.07, 6.45) is -0.779. The Balaban J connectivity index is 2.12. The lowest BCUT2D eigenvalue weighted by molar-refractivity contribution is -0.00340. The Morgan fingerprint density at radius 1 is 1.00 bits per heavy atom. The maximum Gasteiger partial charge on any atom is 0.404 e. The second-order valence-electron chi connectivity index (χ2n) is 8.25. The first kappa shape index (κ1) is 21.9. The third-order valence-electron chi connectivity index (χ3n) is 4.46. The molecule has 4 N–H and O–H groups in total. The third kappa shape index (κ3) is 8.11. The van der Waals surface area contributed by atoms with Gasteiger partial charge in [-0.05, 0) is 44.7 Å². The number of primary amides is 1. The first-order chi connectivity index (χ1) is 13.2. The van der Waals surface area contributed by atoms with Crippen LogP contribution in [-0.2, 0) is 17.6 Å². The Morgan fingerprint density at radius 2 is 1.50 bits per heavy atom. The van der Waals surface area contributed by atoms with E-state index < -0.39 is 18.3 Å². The first-order valence-electron chi connectivity index (χ1n) is 9.72. The van der Waals surface area contributed by atoms with Crippen LogP contribution < -0.4 is 11.1 Å². The Morgan fingerprint density at radius 3 is 1.96 bits per heavy atom. The van der Waals surface area contributed by atoms with Gasteiger partial charge in [0.25, 0.3) is 0 Å². The summed E-state index contributed by atoms with van der Waals surface area (Å²) >= 11 is 0. The number of amides is 1. The van der Waals surface area contributed by atoms with Crippen molar-refractivity contribution in [2.75, 3.05) is 0 Å². The van der Waals surface area contributed by atoms with Crippen molar-refractivity contribution >= 4 is 6.09 Å². The summed E-state index contributed by atoms with van der Waals surface area (Å²) in [7, 11) is 0. The molecule has 0 aliphatic rings. The summed E-state index contributed by atoms with van der Waals surface area (Å²) in [6, 6.07) is 19.8. The molecular formula is C23H32N2O3. The molecule has 2 aromatic carbocycles. The molecule has 5 nitrogen and oxygen atoms in total. The lowest BCUT2D eigenvalue weighted by atomic mass is 9.93. The quantitative estimate of drug-likeness (QED) is 0.618. The van der Waals surface area contributed by atoms with Crippen LogP contribution in [0.15, 0.2) is 60.7 Å². The van der Waals surface area contributed by atoms with Gasteiger partial charge in [0, 0.05) is 18.0 Å². The van der Waals surface area contributed by atoms with Crippen molar-refractivity contribution in [2.24, 2.45) is 5.73 Å². The van der Waals surface area contributed by atoms with Crippen LogP contribution in [0.2, 0.25) is 0 Å². The summed E-state index contributed by atoms with van der Waals surface area (Å²) in [6.45, 7) is 6.29. The molecule has 1 amide bonds. The van der Waals surface area contributed by atoms with Crippen LogP contribution in [0.1, 0.15) is 38.3 Å². The minimum Gasteiger partial charge on any atom is -0.443 e. The van der Waals surface area contributed by atoms with Crippen LogP contribution >= 0.6 is 0 Å². The van der Waals surface area contributed by atoms with Gasteiger partial charge in [-0.1, -0.05) is 60.7 Å². The number of carbonyl (C=O) groups is 1. The van der Waals surface area contributed by atoms with E-state index in [1.807, 2.05) is 48.5 Å². The summed E-state index contributed by atoms with van der Waals surface area (Å²) in [4.78, 5) is 11.4. The molecule has 28 heavy (non-hydrogen) atoms. The number of nitrogens with two attached hydrogens (primary N) is 1. The summed E-state index contributed by atoms with van der Waals surface area (Å²) in [5, 5.41) is 14.5. The molecule has 152 valence electrons. The van der Waals surface area contributed by atoms with Gasteiger partial charge in [0.1, 0.15) is 6.10 Å². The minimum atomic E-state index is -0.872. The summed E-state index contributed by atoms with van der Waals surface area (Å²) < 4.78 is 5.26. The van der Waals surface area contributed by atoms with Crippen molar-refractivity contribution in [1.82, 2.24) is 5.32 Å². The van der Waals surface area contributed by atoms with Gasteiger partial charge >= 0.3 is 6.09 Å². The van der Waals surface area contributed by atoms with Crippen molar-refractivity contribution in [3.63, 3.8) is 0 Å². The lowest BCUT2D eigenvalue weighted by Gasteiger charge is -2.32. The maximum absolute atomic E-state index is 11.4. The standard InChI is InChI=1S/C23H32N2O3/c1-23(2,3)25-19(14-17-10-6-4-7-11-17)16-20(26)21(28-22(24)27)15-18-12-8-5-9-13-18/h4-13,19-21,25-26H,14-16H2,1-3H3,(H2,24,27)/t19-,20-,21-/m0/s1. The van der Waals surface area contributed by atoms with Gasteiger partial charge in [-0.15, -0.1) is 0 Å². The van der Waals surface area contributed by atoms with Crippen LogP contribution in [0.4, 0.5) is 4.79 Å². The predicted octanol–water partition coefficient (Wildman–Crippen LogP) is 3.44. The highest BCUT2D eigenvalue weighted by molar-refractivity contribution is 5.64. The third-order valence-corrected chi connectivity index (χ3v) is 4.46. The zero-order valence-electron chi connectivity index (χ0n) is 17.0. The number of rotatable bonds is 9. The van der Waals surface area contributed by atoms with Crippen molar-refractivity contribution in [3.05, 3.63) is 71.8 Å². The van der Waals surface area contributed by atoms with E-state index in [4.69, 9.17) is 10.5 Å². The Hall–Kier alpha value is -2.37. The van der Waals surface area contributed by atoms with Crippen LogP contribution in [0.3, 0.4) is 0 Å². The molecule has 0 spiro atoms. The van der Waals surface area contributed by atoms with Gasteiger partial charge in [-0.3, -0.25) is 0 Å². The highest BCUT2D eigenvalue weighted by atomic mass is 16.6. The molecule has 0 aromatic heterocycles. The van der Waals surface area contributed by atoms with Gasteiger partial charge in [0.05, 0.1) is 6.10 Å². The SMILES string of the molecule is CC(C)(C)N[C@@H](Cc1ccccc1)C[C@H](O)[C@H](Cc1ccccc1)OC(N)=O. The van der Waals surface area contributed by atoms with Gasteiger partial charge in [0.2, 0.25) is 0 Å². The monoisotopic (exact) mass is 384 g/mol. The molecule has 0 fully saturated rings. The zero-order chi connectivity index (χ0) is 20.6. The number of hydrogen-bond acceptors (Lipinski definition) is 4. The molecule has 2 aromatic rings. The summed E-state index contributed by atoms with van der Waals surface area (Å²) in [5.74, 6) is 0. The van der Waals surface area contributed by atoms with E-state index in [2.05, 4.69) is 38.2 Å². The molecule has 0 aliphatic carbocycles. The number of carbonyl (C=O) groups excluding carboxylic acids is 1. The van der Waals surface area contributed by atoms with Crippen LogP contribution in [0.5, 0.6) is 0 Å². The van der Waals surface area contributed by atoms with E-state index in [0.717, 1.165) is 12.0 Å². The van der Waals surface area contributed by atoms with E-state index in [1.165, 1.54) is 5.56 Å². The van der Waals surface area contributed by atoms with E-state index in [9.17, 15) is 9.90 Å². The summed E-state index contributed by atoms with van der Waals surface area (Å²) in [5.41, 5.74) is 7.31. The topological polar surface area (TPSA) is 84.6 Å². The van der Waals surface area contributed by atoms with Crippen molar-refractivity contribution in [3.8, 4) is 0 Å². The largest absolute Gasteiger partial charge is 0.443 e. The molecule has 2 rings (SSSR count). The minimum absolute atomic E-state index is 0.0205. The molecular weight excluding hydrogens is 352 g/mol. The second-order valence-corrected chi connectivity index (χ2v) is 8.25.